The number of benzene rings is 2. The maximum atomic E-state index is 14.1. The number of rotatable bonds is 7. The lowest BCUT2D eigenvalue weighted by atomic mass is 10.1. The number of hydrogen-bond acceptors (Lipinski definition) is 3. The van der Waals surface area contributed by atoms with Crippen LogP contribution in [0.3, 0.4) is 0 Å². The summed E-state index contributed by atoms with van der Waals surface area (Å²) in [4.78, 5) is 0. The van der Waals surface area contributed by atoms with Gasteiger partial charge in [0.1, 0.15) is 0 Å². The largest absolute Gasteiger partial charge is 0.494 e. The van der Waals surface area contributed by atoms with Crippen LogP contribution in [-0.4, -0.2) is 20.8 Å². The number of nitrogens with one attached hydrogen (secondary N) is 1. The standard InChI is InChI=1S/C17H20FNO2/c1-20-11-10-13-6-3-4-8-15(13)19-12-14-7-5-9-16(21-2)17(14)18/h3-9,19H,10-12H2,1-2H3. The normalized spacial score (nSPS) is 10.4. The van der Waals surface area contributed by atoms with Gasteiger partial charge in [-0.2, -0.15) is 0 Å². The SMILES string of the molecule is COCCc1ccccc1NCc1cccc(OC)c1F. The van der Waals surface area contributed by atoms with Gasteiger partial charge in [0.25, 0.3) is 0 Å². The van der Waals surface area contributed by atoms with Crippen molar-refractivity contribution >= 4 is 5.69 Å². The second-order valence-corrected chi connectivity index (χ2v) is 4.69. The highest BCUT2D eigenvalue weighted by Crippen LogP contribution is 2.22. The third-order valence-corrected chi connectivity index (χ3v) is 3.33. The van der Waals surface area contributed by atoms with E-state index >= 15 is 0 Å². The fourth-order valence-electron chi connectivity index (χ4n) is 2.16. The van der Waals surface area contributed by atoms with Crippen LogP contribution in [0.4, 0.5) is 10.1 Å². The van der Waals surface area contributed by atoms with Crippen LogP contribution in [0.2, 0.25) is 0 Å². The van der Waals surface area contributed by atoms with Crippen LogP contribution in [0.5, 0.6) is 5.75 Å². The summed E-state index contributed by atoms with van der Waals surface area (Å²) in [6, 6.07) is 13.1. The van der Waals surface area contributed by atoms with Crippen molar-refractivity contribution < 1.29 is 13.9 Å². The molecule has 0 aliphatic rings. The van der Waals surface area contributed by atoms with E-state index in [1.165, 1.54) is 7.11 Å². The minimum Gasteiger partial charge on any atom is -0.494 e. The maximum absolute atomic E-state index is 14.1. The van der Waals surface area contributed by atoms with Crippen LogP contribution in [0, 0.1) is 5.82 Å². The van der Waals surface area contributed by atoms with E-state index in [4.69, 9.17) is 9.47 Å². The van der Waals surface area contributed by atoms with Crippen molar-refractivity contribution in [3.8, 4) is 5.75 Å². The first-order valence-corrected chi connectivity index (χ1v) is 6.88. The van der Waals surface area contributed by atoms with Crippen molar-refractivity contribution in [3.05, 3.63) is 59.4 Å². The zero-order valence-corrected chi connectivity index (χ0v) is 12.4. The number of anilines is 1. The van der Waals surface area contributed by atoms with Crippen LogP contribution < -0.4 is 10.1 Å². The van der Waals surface area contributed by atoms with Crippen LogP contribution in [-0.2, 0) is 17.7 Å². The minimum atomic E-state index is -0.318. The molecule has 112 valence electrons. The van der Waals surface area contributed by atoms with Crippen molar-refractivity contribution in [1.82, 2.24) is 0 Å². The summed E-state index contributed by atoms with van der Waals surface area (Å²) in [6.07, 6.45) is 0.820. The lowest BCUT2D eigenvalue weighted by Gasteiger charge is -2.13. The summed E-state index contributed by atoms with van der Waals surface area (Å²) < 4.78 is 24.2. The third kappa shape index (κ3) is 3.95. The van der Waals surface area contributed by atoms with E-state index in [1.807, 2.05) is 24.3 Å². The molecule has 0 aliphatic carbocycles. The average Bonchev–Trinajstić information content (AvgIpc) is 2.52. The number of para-hydroxylation sites is 1. The fourth-order valence-corrected chi connectivity index (χ4v) is 2.16. The van der Waals surface area contributed by atoms with Crippen LogP contribution in [0.1, 0.15) is 11.1 Å². The highest BCUT2D eigenvalue weighted by molar-refractivity contribution is 5.51. The van der Waals surface area contributed by atoms with E-state index in [1.54, 1.807) is 25.3 Å². The first-order chi connectivity index (χ1) is 10.3. The summed E-state index contributed by atoms with van der Waals surface area (Å²) in [5.74, 6) is -0.0520. The van der Waals surface area contributed by atoms with Crippen LogP contribution >= 0.6 is 0 Å². The Morgan fingerprint density at radius 1 is 1.00 bits per heavy atom. The van der Waals surface area contributed by atoms with Crippen molar-refractivity contribution in [1.29, 1.82) is 0 Å². The molecular formula is C17H20FNO2. The average molecular weight is 289 g/mol. The van der Waals surface area contributed by atoms with Gasteiger partial charge in [0, 0.05) is 24.9 Å². The summed E-state index contributed by atoms with van der Waals surface area (Å²) in [6.45, 7) is 1.07. The molecule has 0 unspecified atom stereocenters. The van der Waals surface area contributed by atoms with Gasteiger partial charge >= 0.3 is 0 Å². The Balaban J connectivity index is 2.10. The van der Waals surface area contributed by atoms with E-state index < -0.39 is 0 Å². The van der Waals surface area contributed by atoms with Gasteiger partial charge in [-0.25, -0.2) is 4.39 Å². The number of methoxy groups -OCH3 is 2. The van der Waals surface area contributed by atoms with E-state index in [-0.39, 0.29) is 11.6 Å². The highest BCUT2D eigenvalue weighted by Gasteiger charge is 2.08. The first kappa shape index (κ1) is 15.3. The minimum absolute atomic E-state index is 0.266. The molecule has 2 aromatic rings. The Kier molecular flexibility index (Phi) is 5.58. The van der Waals surface area contributed by atoms with Crippen molar-refractivity contribution in [2.75, 3.05) is 26.1 Å². The molecule has 0 aromatic heterocycles. The molecule has 0 bridgehead atoms. The lowest BCUT2D eigenvalue weighted by Crippen LogP contribution is -2.06. The molecule has 0 aliphatic heterocycles. The van der Waals surface area contributed by atoms with Gasteiger partial charge in [-0.05, 0) is 24.1 Å². The van der Waals surface area contributed by atoms with E-state index in [0.29, 0.717) is 18.7 Å². The van der Waals surface area contributed by atoms with E-state index in [9.17, 15) is 4.39 Å². The fraction of sp³-hybridized carbons (Fsp3) is 0.294. The topological polar surface area (TPSA) is 30.5 Å². The number of ether oxygens (including phenoxy) is 2. The molecule has 2 rings (SSSR count). The molecule has 0 saturated carbocycles. The monoisotopic (exact) mass is 289 g/mol. The Bertz CT molecular complexity index is 587. The molecule has 4 heteroatoms. The summed E-state index contributed by atoms with van der Waals surface area (Å²) in [5.41, 5.74) is 2.73. The molecule has 0 atom stereocenters. The summed E-state index contributed by atoms with van der Waals surface area (Å²) in [5, 5.41) is 3.28. The molecule has 0 saturated heterocycles. The first-order valence-electron chi connectivity index (χ1n) is 6.88. The van der Waals surface area contributed by atoms with Crippen molar-refractivity contribution in [2.45, 2.75) is 13.0 Å². The number of halogens is 1. The smallest absolute Gasteiger partial charge is 0.170 e. The van der Waals surface area contributed by atoms with Gasteiger partial charge in [-0.1, -0.05) is 30.3 Å². The molecule has 3 nitrogen and oxygen atoms in total. The van der Waals surface area contributed by atoms with Crippen molar-refractivity contribution in [2.24, 2.45) is 0 Å². The zero-order valence-electron chi connectivity index (χ0n) is 12.4. The Morgan fingerprint density at radius 2 is 1.76 bits per heavy atom. The lowest BCUT2D eigenvalue weighted by molar-refractivity contribution is 0.202. The molecular weight excluding hydrogens is 269 g/mol. The Morgan fingerprint density at radius 3 is 2.52 bits per heavy atom. The number of hydrogen-bond donors (Lipinski definition) is 1. The second kappa shape index (κ2) is 7.64. The molecule has 0 radical (unpaired) electrons. The summed E-state index contributed by atoms with van der Waals surface area (Å²) in [7, 11) is 3.15. The van der Waals surface area contributed by atoms with Gasteiger partial charge in [0.15, 0.2) is 11.6 Å². The van der Waals surface area contributed by atoms with Crippen LogP contribution in [0.25, 0.3) is 0 Å². The quantitative estimate of drug-likeness (QED) is 0.844. The highest BCUT2D eigenvalue weighted by atomic mass is 19.1. The molecule has 0 spiro atoms. The van der Waals surface area contributed by atoms with E-state index in [0.717, 1.165) is 17.7 Å². The predicted octanol–water partition coefficient (Wildman–Crippen LogP) is 3.64. The van der Waals surface area contributed by atoms with Gasteiger partial charge in [-0.3, -0.25) is 0 Å². The molecule has 1 N–H and O–H groups in total. The van der Waals surface area contributed by atoms with Gasteiger partial charge in [-0.15, -0.1) is 0 Å². The van der Waals surface area contributed by atoms with Gasteiger partial charge < -0.3 is 14.8 Å². The van der Waals surface area contributed by atoms with Gasteiger partial charge in [0.2, 0.25) is 0 Å². The van der Waals surface area contributed by atoms with Gasteiger partial charge in [0.05, 0.1) is 13.7 Å². The summed E-state index contributed by atoms with van der Waals surface area (Å²) >= 11 is 0. The predicted molar refractivity (Wildman–Crippen MR) is 82.3 cm³/mol. The molecule has 0 amide bonds. The third-order valence-electron chi connectivity index (χ3n) is 3.33. The molecule has 21 heavy (non-hydrogen) atoms. The Hall–Kier alpha value is -2.07. The molecule has 2 aromatic carbocycles. The molecule has 0 heterocycles. The van der Waals surface area contributed by atoms with Crippen molar-refractivity contribution in [3.63, 3.8) is 0 Å². The zero-order chi connectivity index (χ0) is 15.1. The Labute approximate surface area is 124 Å². The molecule has 0 fully saturated rings. The van der Waals surface area contributed by atoms with E-state index in [2.05, 4.69) is 5.32 Å². The maximum Gasteiger partial charge on any atom is 0.170 e. The van der Waals surface area contributed by atoms with Crippen LogP contribution in [0.15, 0.2) is 42.5 Å². The second-order valence-electron chi connectivity index (χ2n) is 4.69.